The van der Waals surface area contributed by atoms with E-state index in [1.165, 1.54) is 0 Å². The molecule has 5 aliphatic rings. The number of likely N-dealkylation sites (tertiary alicyclic amines) is 2. The molecule has 2 saturated heterocycles. The van der Waals surface area contributed by atoms with Crippen molar-refractivity contribution in [2.75, 3.05) is 32.7 Å². The topological polar surface area (TPSA) is 200 Å². The Labute approximate surface area is 429 Å². The first-order valence-corrected chi connectivity index (χ1v) is 26.8. The van der Waals surface area contributed by atoms with Crippen LogP contribution in [-0.4, -0.2) is 102 Å². The van der Waals surface area contributed by atoms with Crippen molar-refractivity contribution in [3.8, 4) is 0 Å². The second kappa shape index (κ2) is 23.8. The summed E-state index contributed by atoms with van der Waals surface area (Å²) in [5, 5.41) is 12.6. The zero-order valence-electron chi connectivity index (χ0n) is 41.8. The van der Waals surface area contributed by atoms with Gasteiger partial charge in [-0.25, -0.2) is 0 Å². The number of hydrogen-bond acceptors (Lipinski definition) is 7. The Morgan fingerprint density at radius 1 is 0.411 bits per heavy atom. The number of carbonyl (C=O) groups excluding carboxylic acids is 7. The molecule has 5 fully saturated rings. The van der Waals surface area contributed by atoms with Crippen LogP contribution in [0.4, 0.5) is 0 Å². The molecule has 384 valence electrons. The van der Waals surface area contributed by atoms with Crippen molar-refractivity contribution in [3.05, 3.63) is 143 Å². The van der Waals surface area contributed by atoms with Gasteiger partial charge in [-0.05, 0) is 73.1 Å². The Bertz CT molecular complexity index is 2500. The average molecular weight is 990 g/mol. The summed E-state index contributed by atoms with van der Waals surface area (Å²) < 4.78 is 0. The number of amides is 7. The van der Waals surface area contributed by atoms with Crippen molar-refractivity contribution in [1.29, 1.82) is 0 Å². The van der Waals surface area contributed by atoms with Crippen LogP contribution >= 0.6 is 0 Å². The molecular formula is C59H71N7O7. The molecule has 0 radical (unpaired) electrons. The number of benzene rings is 4. The van der Waals surface area contributed by atoms with Crippen LogP contribution in [0.3, 0.4) is 0 Å². The first-order chi connectivity index (χ1) is 35.5. The van der Waals surface area contributed by atoms with Gasteiger partial charge in [0.1, 0.15) is 0 Å². The Morgan fingerprint density at radius 2 is 0.726 bits per heavy atom. The van der Waals surface area contributed by atoms with Crippen LogP contribution in [0.1, 0.15) is 139 Å². The van der Waals surface area contributed by atoms with E-state index >= 15 is 0 Å². The smallest absolute Gasteiger partial charge is 0.253 e. The van der Waals surface area contributed by atoms with Crippen molar-refractivity contribution in [2.45, 2.75) is 119 Å². The summed E-state index contributed by atoms with van der Waals surface area (Å²) in [5.74, 6) is -4.19. The molecule has 0 bridgehead atoms. The van der Waals surface area contributed by atoms with Crippen LogP contribution < -0.4 is 27.0 Å². The zero-order valence-corrected chi connectivity index (χ0v) is 41.8. The van der Waals surface area contributed by atoms with Crippen LogP contribution in [0.5, 0.6) is 0 Å². The molecule has 10 atom stereocenters. The molecule has 6 N–H and O–H groups in total. The summed E-state index contributed by atoms with van der Waals surface area (Å²) in [4.78, 5) is 98.3. The third kappa shape index (κ3) is 13.2. The predicted molar refractivity (Wildman–Crippen MR) is 278 cm³/mol. The first kappa shape index (κ1) is 51.1. The minimum atomic E-state index is -0.738. The van der Waals surface area contributed by atoms with E-state index in [1.54, 1.807) is 34.1 Å². The maximum Gasteiger partial charge on any atom is 0.253 e. The second-order valence-electron chi connectivity index (χ2n) is 21.2. The first-order valence-electron chi connectivity index (χ1n) is 26.8. The third-order valence-corrected chi connectivity index (χ3v) is 15.9. The van der Waals surface area contributed by atoms with Crippen LogP contribution in [0.2, 0.25) is 0 Å². The van der Waals surface area contributed by atoms with Crippen molar-refractivity contribution in [3.63, 3.8) is 0 Å². The number of nitrogens with zero attached hydrogens (tertiary/aromatic N) is 2. The largest absolute Gasteiger partial charge is 0.370 e. The fourth-order valence-electron chi connectivity index (χ4n) is 11.3. The van der Waals surface area contributed by atoms with Gasteiger partial charge in [-0.1, -0.05) is 136 Å². The highest BCUT2D eigenvalue weighted by molar-refractivity contribution is 6.00. The highest BCUT2D eigenvalue weighted by Crippen LogP contribution is 2.43. The molecule has 2 aliphatic heterocycles. The number of carbonyl (C=O) groups is 7. The zero-order chi connectivity index (χ0) is 50.8. The van der Waals surface area contributed by atoms with Crippen LogP contribution in [0, 0.1) is 23.7 Å². The maximum absolute atomic E-state index is 14.2. The van der Waals surface area contributed by atoms with E-state index < -0.39 is 23.7 Å². The van der Waals surface area contributed by atoms with Crippen LogP contribution in [0.15, 0.2) is 115 Å². The van der Waals surface area contributed by atoms with Crippen LogP contribution in [0.25, 0.3) is 0 Å². The lowest BCUT2D eigenvalue weighted by molar-refractivity contribution is -0.133. The van der Waals surface area contributed by atoms with E-state index in [4.69, 9.17) is 5.73 Å². The highest BCUT2D eigenvalue weighted by Gasteiger charge is 2.50. The van der Waals surface area contributed by atoms with Gasteiger partial charge >= 0.3 is 0 Å². The fourth-order valence-corrected chi connectivity index (χ4v) is 11.3. The van der Waals surface area contributed by atoms with Crippen LogP contribution in [-0.2, 0) is 24.0 Å². The van der Waals surface area contributed by atoms with Gasteiger partial charge in [0, 0.05) is 86.2 Å². The number of hydrogen-bond donors (Lipinski definition) is 5. The molecule has 2 heterocycles. The van der Waals surface area contributed by atoms with Gasteiger partial charge in [-0.3, -0.25) is 33.6 Å². The number of nitrogens with one attached hydrogen (secondary N) is 4. The van der Waals surface area contributed by atoms with Gasteiger partial charge in [0.2, 0.25) is 29.5 Å². The number of rotatable bonds is 24. The Morgan fingerprint density at radius 3 is 1.07 bits per heavy atom. The summed E-state index contributed by atoms with van der Waals surface area (Å²) in [6, 6.07) is 36.4. The summed E-state index contributed by atoms with van der Waals surface area (Å²) >= 11 is 0. The Kier molecular flexibility index (Phi) is 16.7. The molecule has 4 aromatic carbocycles. The monoisotopic (exact) mass is 990 g/mol. The molecule has 3 saturated carbocycles. The maximum atomic E-state index is 14.2. The SMILES string of the molecule is NC(=O)CCCCCCCCCCCNC(=O)[C@@H]1CN(C(=O)c2ccc(C(=O)N3C[C@@H](C(=O)N[C@H]4C[C@@H]4c4ccccc4)[C@H](C(=O)N[C@H]4C[C@@H]4c4ccccc4)C3)cc2)C[C@H]1C(=O)N[C@H]1C[C@@H]1c1ccccc1. The van der Waals surface area contributed by atoms with Crippen molar-refractivity contribution in [1.82, 2.24) is 31.1 Å². The Balaban J connectivity index is 0.805. The molecule has 14 nitrogen and oxygen atoms in total. The predicted octanol–water partition coefficient (Wildman–Crippen LogP) is 6.58. The van der Waals surface area contributed by atoms with Crippen molar-refractivity contribution < 1.29 is 33.6 Å². The number of primary amides is 1. The summed E-state index contributed by atoms with van der Waals surface area (Å²) in [5.41, 5.74) is 9.34. The van der Waals surface area contributed by atoms with E-state index in [0.717, 1.165) is 93.7 Å². The minimum absolute atomic E-state index is 0.0377. The number of unbranched alkanes of at least 4 members (excludes halogenated alkanes) is 8. The van der Waals surface area contributed by atoms with E-state index in [2.05, 4.69) is 57.7 Å². The van der Waals surface area contributed by atoms with Gasteiger partial charge in [0.25, 0.3) is 11.8 Å². The van der Waals surface area contributed by atoms with E-state index in [9.17, 15) is 33.6 Å². The fraction of sp³-hybridized carbons (Fsp3) is 0.475. The van der Waals surface area contributed by atoms with E-state index in [0.29, 0.717) is 24.1 Å². The minimum Gasteiger partial charge on any atom is -0.370 e. The average Bonchev–Trinajstić information content (AvgIpc) is 4.38. The van der Waals surface area contributed by atoms with Crippen molar-refractivity contribution >= 4 is 41.4 Å². The molecule has 0 unspecified atom stereocenters. The van der Waals surface area contributed by atoms with E-state index in [1.807, 2.05) is 54.6 Å². The molecule has 0 aromatic heterocycles. The standard InChI is InChI=1S/C59H71N7O7/c60-53(67)25-17-6-4-2-1-3-5-7-18-30-61-54(68)46-34-65(35-47(46)55(69)62-50-31-43(50)38-19-11-8-12-20-38)58(72)41-26-28-42(29-27-41)59(73)66-36-48(56(70)63-51-32-44(51)39-21-13-9-14-22-39)49(37-66)57(71)64-52-33-45(52)40-23-15-10-16-24-40/h8-16,19-24,26-29,43-52H,1-7,17-18,25,30-37H2,(H2,60,67)(H,61,68)(H,62,69)(H,63,70)(H,64,71)/t43-,44-,45-,46-,47-,48-,49-,50+,51+,52+/m1/s1. The third-order valence-electron chi connectivity index (χ3n) is 15.9. The van der Waals surface area contributed by atoms with Gasteiger partial charge in [-0.2, -0.15) is 0 Å². The molecule has 7 amide bonds. The molecule has 4 aromatic rings. The summed E-state index contributed by atoms with van der Waals surface area (Å²) in [7, 11) is 0. The lowest BCUT2D eigenvalue weighted by atomic mass is 9.94. The molecule has 14 heteroatoms. The van der Waals surface area contributed by atoms with Gasteiger partial charge in [0.15, 0.2) is 0 Å². The molecule has 73 heavy (non-hydrogen) atoms. The van der Waals surface area contributed by atoms with Gasteiger partial charge in [0.05, 0.1) is 23.7 Å². The highest BCUT2D eigenvalue weighted by atomic mass is 16.2. The molecular weight excluding hydrogens is 919 g/mol. The summed E-state index contributed by atoms with van der Waals surface area (Å²) in [6.07, 6.45) is 12.0. The van der Waals surface area contributed by atoms with E-state index in [-0.39, 0.29) is 103 Å². The quantitative estimate of drug-likeness (QED) is 0.0488. The summed E-state index contributed by atoms with van der Waals surface area (Å²) in [6.45, 7) is 0.797. The Hall–Kier alpha value is -6.83. The molecule has 0 spiro atoms. The van der Waals surface area contributed by atoms with Gasteiger partial charge < -0.3 is 36.8 Å². The molecule has 9 rings (SSSR count). The normalized spacial score (nSPS) is 25.6. The number of nitrogens with two attached hydrogens (primary N) is 1. The lowest BCUT2D eigenvalue weighted by Gasteiger charge is -2.18. The lowest BCUT2D eigenvalue weighted by Crippen LogP contribution is -2.43. The van der Waals surface area contributed by atoms with Crippen molar-refractivity contribution in [2.24, 2.45) is 29.4 Å². The van der Waals surface area contributed by atoms with Gasteiger partial charge in [-0.15, -0.1) is 0 Å². The second-order valence-corrected chi connectivity index (χ2v) is 21.2. The molecule has 3 aliphatic carbocycles.